The standard InChI is InChI=1S/C28H31N5O4/c1-20-3-4-23-17-25(20)36-15-2-11-33-18-24(29-30-33)21-5-7-22(8-6-21)26(34)32-14-16-37-28(19-32)9-12-31(13-10-28)27(23)35/h3-8,17-18H,2,9-16,19H2,1H3. The summed E-state index contributed by atoms with van der Waals surface area (Å²) in [5.74, 6) is 0.733. The largest absolute Gasteiger partial charge is 0.493 e. The van der Waals surface area contributed by atoms with Crippen LogP contribution in [0.4, 0.5) is 0 Å². The summed E-state index contributed by atoms with van der Waals surface area (Å²) < 4.78 is 14.1. The zero-order chi connectivity index (χ0) is 25.4. The van der Waals surface area contributed by atoms with E-state index in [0.717, 1.165) is 29.0 Å². The summed E-state index contributed by atoms with van der Waals surface area (Å²) in [4.78, 5) is 30.5. The van der Waals surface area contributed by atoms with Crippen LogP contribution in [0.15, 0.2) is 48.7 Å². The molecule has 0 atom stereocenters. The van der Waals surface area contributed by atoms with Crippen LogP contribution in [0.1, 0.15) is 45.5 Å². The maximum atomic E-state index is 13.3. The molecule has 3 aromatic rings. The summed E-state index contributed by atoms with van der Waals surface area (Å²) in [7, 11) is 0. The summed E-state index contributed by atoms with van der Waals surface area (Å²) >= 11 is 0. The van der Waals surface area contributed by atoms with Gasteiger partial charge in [-0.2, -0.15) is 0 Å². The third-order valence-electron chi connectivity index (χ3n) is 7.69. The fraction of sp³-hybridized carbons (Fsp3) is 0.429. The fourth-order valence-corrected chi connectivity index (χ4v) is 5.42. The Morgan fingerprint density at radius 2 is 1.57 bits per heavy atom. The van der Waals surface area contributed by atoms with Crippen LogP contribution in [0, 0.1) is 6.92 Å². The Balaban J connectivity index is 1.29. The number of fused-ring (bicyclic) bond motifs is 2. The number of nitrogens with zero attached hydrogens (tertiary/aromatic N) is 5. The molecule has 0 saturated carbocycles. The highest BCUT2D eigenvalue weighted by Gasteiger charge is 2.42. The first-order valence-electron chi connectivity index (χ1n) is 13.0. The van der Waals surface area contributed by atoms with Crippen molar-refractivity contribution in [1.29, 1.82) is 0 Å². The van der Waals surface area contributed by atoms with E-state index in [1.54, 1.807) is 4.68 Å². The van der Waals surface area contributed by atoms with E-state index in [9.17, 15) is 9.59 Å². The van der Waals surface area contributed by atoms with Crippen molar-refractivity contribution in [3.8, 4) is 17.0 Å². The van der Waals surface area contributed by atoms with Crippen LogP contribution in [0.5, 0.6) is 5.75 Å². The zero-order valence-electron chi connectivity index (χ0n) is 21.1. The van der Waals surface area contributed by atoms with Gasteiger partial charge in [0.2, 0.25) is 0 Å². The molecule has 192 valence electrons. The number of benzene rings is 2. The summed E-state index contributed by atoms with van der Waals surface area (Å²) in [6.07, 6.45) is 4.06. The smallest absolute Gasteiger partial charge is 0.254 e. The Morgan fingerprint density at radius 3 is 2.38 bits per heavy atom. The molecule has 6 heterocycles. The van der Waals surface area contributed by atoms with E-state index in [1.165, 1.54) is 0 Å². The minimum absolute atomic E-state index is 0.000758. The Hall–Kier alpha value is -3.72. The third kappa shape index (κ3) is 4.71. The minimum atomic E-state index is -0.415. The van der Waals surface area contributed by atoms with E-state index in [-0.39, 0.29) is 11.8 Å². The van der Waals surface area contributed by atoms with Crippen LogP contribution in [0.3, 0.4) is 0 Å². The molecule has 0 N–H and O–H groups in total. The summed E-state index contributed by atoms with van der Waals surface area (Å²) in [5, 5.41) is 8.55. The first-order valence-corrected chi connectivity index (χ1v) is 13.0. The van der Waals surface area contributed by atoms with Gasteiger partial charge in [-0.3, -0.25) is 14.3 Å². The van der Waals surface area contributed by atoms with E-state index < -0.39 is 5.60 Å². The molecular formula is C28H31N5O4. The van der Waals surface area contributed by atoms with Gasteiger partial charge >= 0.3 is 0 Å². The second-order valence-electron chi connectivity index (χ2n) is 10.2. The molecule has 0 unspecified atom stereocenters. The second-order valence-corrected chi connectivity index (χ2v) is 10.2. The Kier molecular flexibility index (Phi) is 6.16. The maximum absolute atomic E-state index is 13.3. The molecule has 1 aromatic heterocycles. The molecule has 2 fully saturated rings. The number of hydrogen-bond acceptors (Lipinski definition) is 6. The maximum Gasteiger partial charge on any atom is 0.254 e. The lowest BCUT2D eigenvalue weighted by Crippen LogP contribution is -2.58. The van der Waals surface area contributed by atoms with Gasteiger partial charge in [-0.15, -0.1) is 5.10 Å². The summed E-state index contributed by atoms with van der Waals surface area (Å²) in [6, 6.07) is 13.2. The van der Waals surface area contributed by atoms with Gasteiger partial charge in [-0.25, -0.2) is 0 Å². The lowest BCUT2D eigenvalue weighted by Gasteiger charge is -2.47. The Morgan fingerprint density at radius 1 is 0.838 bits per heavy atom. The number of carbonyl (C=O) groups is 2. The highest BCUT2D eigenvalue weighted by atomic mass is 16.5. The van der Waals surface area contributed by atoms with Crippen LogP contribution in [-0.2, 0) is 11.3 Å². The van der Waals surface area contributed by atoms with Gasteiger partial charge in [0.05, 0.1) is 31.6 Å². The number of carbonyl (C=O) groups excluding carboxylic acids is 2. The predicted octanol–water partition coefficient (Wildman–Crippen LogP) is 3.18. The molecule has 0 aliphatic carbocycles. The van der Waals surface area contributed by atoms with Crippen molar-refractivity contribution >= 4 is 11.8 Å². The first-order chi connectivity index (χ1) is 18.0. The number of hydrogen-bond donors (Lipinski definition) is 0. The van der Waals surface area contributed by atoms with Crippen molar-refractivity contribution < 1.29 is 19.1 Å². The number of morpholine rings is 1. The van der Waals surface area contributed by atoms with Gasteiger partial charge < -0.3 is 19.3 Å². The third-order valence-corrected chi connectivity index (χ3v) is 7.69. The van der Waals surface area contributed by atoms with Crippen molar-refractivity contribution in [1.82, 2.24) is 24.8 Å². The topological polar surface area (TPSA) is 89.8 Å². The van der Waals surface area contributed by atoms with Crippen LogP contribution in [0.25, 0.3) is 11.3 Å². The van der Waals surface area contributed by atoms with Gasteiger partial charge in [-0.05, 0) is 49.6 Å². The normalized spacial score (nSPS) is 19.8. The second kappa shape index (κ2) is 9.63. The van der Waals surface area contributed by atoms with Crippen molar-refractivity contribution in [2.24, 2.45) is 0 Å². The molecule has 8 rings (SSSR count). The predicted molar refractivity (Wildman–Crippen MR) is 136 cm³/mol. The van der Waals surface area contributed by atoms with Crippen LogP contribution < -0.4 is 4.74 Å². The quantitative estimate of drug-likeness (QED) is 0.470. The number of rotatable bonds is 0. The van der Waals surface area contributed by atoms with Crippen LogP contribution in [0.2, 0.25) is 0 Å². The molecule has 9 heteroatoms. The number of aromatic nitrogens is 3. The van der Waals surface area contributed by atoms with Crippen molar-refractivity contribution in [2.45, 2.75) is 38.3 Å². The molecule has 5 aliphatic heterocycles. The van der Waals surface area contributed by atoms with Gasteiger partial charge in [0, 0.05) is 49.3 Å². The molecule has 2 aromatic carbocycles. The van der Waals surface area contributed by atoms with Gasteiger partial charge in [0.1, 0.15) is 11.4 Å². The Bertz CT molecular complexity index is 1310. The summed E-state index contributed by atoms with van der Waals surface area (Å²) in [5.41, 5.74) is 3.54. The van der Waals surface area contributed by atoms with E-state index in [2.05, 4.69) is 10.3 Å². The molecule has 9 nitrogen and oxygen atoms in total. The fourth-order valence-electron chi connectivity index (χ4n) is 5.42. The SMILES string of the molecule is Cc1ccc2cc1OCCCn1cc(nn1)-c1ccc(cc1)C(=O)N1CCOC3(CCN(CC3)C2=O)C1. The average molecular weight is 502 g/mol. The van der Waals surface area contributed by atoms with E-state index in [0.29, 0.717) is 69.9 Å². The lowest BCUT2D eigenvalue weighted by atomic mass is 9.88. The molecule has 2 saturated heterocycles. The number of piperidine rings is 1. The number of ether oxygens (including phenoxy) is 2. The first kappa shape index (κ1) is 23.7. The Labute approximate surface area is 216 Å². The van der Waals surface area contributed by atoms with Gasteiger partial charge in [-0.1, -0.05) is 23.4 Å². The zero-order valence-corrected chi connectivity index (χ0v) is 21.1. The highest BCUT2D eigenvalue weighted by Crippen LogP contribution is 2.32. The van der Waals surface area contributed by atoms with E-state index >= 15 is 0 Å². The molecule has 0 radical (unpaired) electrons. The molecule has 2 amide bonds. The van der Waals surface area contributed by atoms with Gasteiger partial charge in [0.25, 0.3) is 11.8 Å². The van der Waals surface area contributed by atoms with Crippen LogP contribution in [-0.4, -0.2) is 81.6 Å². The van der Waals surface area contributed by atoms with E-state index in [1.807, 2.05) is 65.4 Å². The van der Waals surface area contributed by atoms with Gasteiger partial charge in [0.15, 0.2) is 0 Å². The molecule has 37 heavy (non-hydrogen) atoms. The van der Waals surface area contributed by atoms with Crippen molar-refractivity contribution in [3.05, 3.63) is 65.4 Å². The molecular weight excluding hydrogens is 470 g/mol. The molecule has 1 spiro atoms. The highest BCUT2D eigenvalue weighted by molar-refractivity contribution is 5.95. The van der Waals surface area contributed by atoms with Crippen molar-refractivity contribution in [2.75, 3.05) is 39.4 Å². The van der Waals surface area contributed by atoms with Crippen LogP contribution >= 0.6 is 0 Å². The number of aryl methyl sites for hydroxylation is 2. The monoisotopic (exact) mass is 501 g/mol. The molecule has 5 aliphatic rings. The number of amides is 2. The minimum Gasteiger partial charge on any atom is -0.493 e. The van der Waals surface area contributed by atoms with E-state index in [4.69, 9.17) is 9.47 Å². The van der Waals surface area contributed by atoms with Crippen molar-refractivity contribution in [3.63, 3.8) is 0 Å². The summed E-state index contributed by atoms with van der Waals surface area (Å²) in [6.45, 7) is 5.94. The molecule has 9 bridgehead atoms. The average Bonchev–Trinajstić information content (AvgIpc) is 3.40. The lowest BCUT2D eigenvalue weighted by molar-refractivity contribution is -0.123.